The monoisotopic (exact) mass is 324 g/mol. The molecule has 1 N–H and O–H groups in total. The van der Waals surface area contributed by atoms with Crippen LogP contribution in [0.2, 0.25) is 0 Å². The van der Waals surface area contributed by atoms with Gasteiger partial charge in [-0.1, -0.05) is 24.3 Å². The molecule has 0 saturated carbocycles. The summed E-state index contributed by atoms with van der Waals surface area (Å²) < 4.78 is 7.54. The Balaban J connectivity index is 1.64. The number of benzene rings is 1. The fourth-order valence-corrected chi connectivity index (χ4v) is 2.67. The van der Waals surface area contributed by atoms with Crippen LogP contribution in [0.3, 0.4) is 0 Å². The minimum absolute atomic E-state index is 0.0350. The zero-order chi connectivity index (χ0) is 17.1. The lowest BCUT2D eigenvalue weighted by Gasteiger charge is -2.14. The molecule has 6 heteroatoms. The molecule has 1 atom stereocenters. The molecular formula is C18H20N4O2. The number of nitrogens with zero attached hydrogens (tertiary/aromatic N) is 3. The molecule has 0 aliphatic heterocycles. The first-order valence-corrected chi connectivity index (χ1v) is 7.84. The number of rotatable bonds is 5. The normalized spacial score (nSPS) is 12.1. The van der Waals surface area contributed by atoms with Crippen molar-refractivity contribution in [3.8, 4) is 5.75 Å². The lowest BCUT2D eigenvalue weighted by atomic mass is 10.1. The molecule has 0 spiro atoms. The van der Waals surface area contributed by atoms with Crippen molar-refractivity contribution in [1.82, 2.24) is 19.9 Å². The third kappa shape index (κ3) is 3.22. The van der Waals surface area contributed by atoms with E-state index in [1.807, 2.05) is 67.8 Å². The Hall–Kier alpha value is -2.89. The molecule has 124 valence electrons. The fraction of sp³-hybridized carbons (Fsp3) is 0.278. The molecule has 1 unspecified atom stereocenters. The summed E-state index contributed by atoms with van der Waals surface area (Å²) in [5.41, 5.74) is 2.78. The van der Waals surface area contributed by atoms with Crippen molar-refractivity contribution >= 4 is 11.6 Å². The van der Waals surface area contributed by atoms with Gasteiger partial charge in [-0.05, 0) is 44.0 Å². The van der Waals surface area contributed by atoms with Gasteiger partial charge >= 0.3 is 0 Å². The Labute approximate surface area is 140 Å². The predicted octanol–water partition coefficient (Wildman–Crippen LogP) is 2.60. The molecule has 24 heavy (non-hydrogen) atoms. The Kier molecular flexibility index (Phi) is 4.46. The van der Waals surface area contributed by atoms with Gasteiger partial charge in [0.05, 0.1) is 6.04 Å². The van der Waals surface area contributed by atoms with Crippen molar-refractivity contribution in [2.75, 3.05) is 6.61 Å². The van der Waals surface area contributed by atoms with Gasteiger partial charge in [-0.2, -0.15) is 0 Å². The van der Waals surface area contributed by atoms with Gasteiger partial charge < -0.3 is 10.1 Å². The third-order valence-electron chi connectivity index (χ3n) is 3.86. The molecule has 2 aromatic heterocycles. The molecule has 0 aliphatic rings. The standard InChI is InChI=1S/C18H20N4O2/c1-12-7-6-8-13(2)17(12)24-11-16(23)19-14(3)18-21-20-15-9-4-5-10-22(15)18/h4-10,14H,11H2,1-3H3,(H,19,23). The second kappa shape index (κ2) is 6.70. The number of aromatic nitrogens is 3. The number of amides is 1. The van der Waals surface area contributed by atoms with Gasteiger partial charge in [0.1, 0.15) is 5.75 Å². The summed E-state index contributed by atoms with van der Waals surface area (Å²) in [4.78, 5) is 12.2. The van der Waals surface area contributed by atoms with E-state index in [1.54, 1.807) is 0 Å². The zero-order valence-electron chi connectivity index (χ0n) is 14.0. The van der Waals surface area contributed by atoms with E-state index in [-0.39, 0.29) is 18.6 Å². The van der Waals surface area contributed by atoms with Crippen molar-refractivity contribution in [2.24, 2.45) is 0 Å². The van der Waals surface area contributed by atoms with Gasteiger partial charge in [0.15, 0.2) is 18.1 Å². The highest BCUT2D eigenvalue weighted by Gasteiger charge is 2.16. The predicted molar refractivity (Wildman–Crippen MR) is 91.0 cm³/mol. The number of pyridine rings is 1. The SMILES string of the molecule is Cc1cccc(C)c1OCC(=O)NC(C)c1nnc2ccccn12. The van der Waals surface area contributed by atoms with Crippen molar-refractivity contribution in [2.45, 2.75) is 26.8 Å². The van der Waals surface area contributed by atoms with Crippen LogP contribution in [0, 0.1) is 13.8 Å². The van der Waals surface area contributed by atoms with E-state index >= 15 is 0 Å². The number of hydrogen-bond acceptors (Lipinski definition) is 4. The minimum atomic E-state index is -0.267. The highest BCUT2D eigenvalue weighted by molar-refractivity contribution is 5.78. The van der Waals surface area contributed by atoms with E-state index in [9.17, 15) is 4.79 Å². The maximum absolute atomic E-state index is 12.2. The average Bonchev–Trinajstić information content (AvgIpc) is 2.98. The van der Waals surface area contributed by atoms with E-state index in [0.29, 0.717) is 5.82 Å². The maximum atomic E-state index is 12.2. The molecule has 1 aromatic carbocycles. The van der Waals surface area contributed by atoms with Gasteiger partial charge in [0.25, 0.3) is 5.91 Å². The number of aryl methyl sites for hydroxylation is 2. The van der Waals surface area contributed by atoms with Gasteiger partial charge in [-0.3, -0.25) is 9.20 Å². The number of hydrogen-bond donors (Lipinski definition) is 1. The number of carbonyl (C=O) groups excluding carboxylic acids is 1. The van der Waals surface area contributed by atoms with E-state index in [0.717, 1.165) is 22.5 Å². The van der Waals surface area contributed by atoms with Gasteiger partial charge in [0, 0.05) is 6.20 Å². The second-order valence-electron chi connectivity index (χ2n) is 5.79. The van der Waals surface area contributed by atoms with Gasteiger partial charge in [-0.25, -0.2) is 0 Å². The molecule has 3 rings (SSSR count). The molecule has 0 aliphatic carbocycles. The summed E-state index contributed by atoms with van der Waals surface area (Å²) in [6.45, 7) is 5.77. The molecular weight excluding hydrogens is 304 g/mol. The molecule has 3 aromatic rings. The Morgan fingerprint density at radius 1 is 1.17 bits per heavy atom. The summed E-state index contributed by atoms with van der Waals surface area (Å²) in [5, 5.41) is 11.1. The molecule has 1 amide bonds. The van der Waals surface area contributed by atoms with E-state index in [1.165, 1.54) is 0 Å². The number of para-hydroxylation sites is 1. The van der Waals surface area contributed by atoms with E-state index < -0.39 is 0 Å². The highest BCUT2D eigenvalue weighted by atomic mass is 16.5. The summed E-state index contributed by atoms with van der Waals surface area (Å²) in [6.07, 6.45) is 1.88. The summed E-state index contributed by atoms with van der Waals surface area (Å²) in [5.74, 6) is 1.25. The molecule has 0 fully saturated rings. The zero-order valence-corrected chi connectivity index (χ0v) is 14.0. The summed E-state index contributed by atoms with van der Waals surface area (Å²) in [6, 6.07) is 11.3. The van der Waals surface area contributed by atoms with Gasteiger partial charge in [0.2, 0.25) is 0 Å². The van der Waals surface area contributed by atoms with E-state index in [4.69, 9.17) is 4.74 Å². The topological polar surface area (TPSA) is 68.5 Å². The maximum Gasteiger partial charge on any atom is 0.258 e. The van der Waals surface area contributed by atoms with Crippen LogP contribution in [-0.4, -0.2) is 27.1 Å². The van der Waals surface area contributed by atoms with Crippen LogP contribution >= 0.6 is 0 Å². The number of nitrogens with one attached hydrogen (secondary N) is 1. The largest absolute Gasteiger partial charge is 0.483 e. The average molecular weight is 324 g/mol. The van der Waals surface area contributed by atoms with Crippen molar-refractivity contribution < 1.29 is 9.53 Å². The van der Waals surface area contributed by atoms with Gasteiger partial charge in [-0.15, -0.1) is 10.2 Å². The minimum Gasteiger partial charge on any atom is -0.483 e. The molecule has 2 heterocycles. The Morgan fingerprint density at radius 3 is 2.67 bits per heavy atom. The lowest BCUT2D eigenvalue weighted by Crippen LogP contribution is -2.32. The second-order valence-corrected chi connectivity index (χ2v) is 5.79. The van der Waals surface area contributed by atoms with Crippen molar-refractivity contribution in [3.05, 3.63) is 59.5 Å². The Bertz CT molecular complexity index is 852. The summed E-state index contributed by atoms with van der Waals surface area (Å²) >= 11 is 0. The van der Waals surface area contributed by atoms with Crippen LogP contribution in [-0.2, 0) is 4.79 Å². The first kappa shape index (κ1) is 16.0. The first-order valence-electron chi connectivity index (χ1n) is 7.84. The third-order valence-corrected chi connectivity index (χ3v) is 3.86. The number of fused-ring (bicyclic) bond motifs is 1. The van der Waals surface area contributed by atoms with Crippen LogP contribution in [0.1, 0.15) is 29.9 Å². The fourth-order valence-electron chi connectivity index (χ4n) is 2.67. The number of ether oxygens (including phenoxy) is 1. The van der Waals surface area contributed by atoms with Crippen LogP contribution in [0.25, 0.3) is 5.65 Å². The quantitative estimate of drug-likeness (QED) is 0.783. The number of carbonyl (C=O) groups is 1. The van der Waals surface area contributed by atoms with E-state index in [2.05, 4.69) is 15.5 Å². The van der Waals surface area contributed by atoms with Crippen LogP contribution in [0.5, 0.6) is 5.75 Å². The Morgan fingerprint density at radius 2 is 1.92 bits per heavy atom. The molecule has 0 saturated heterocycles. The molecule has 6 nitrogen and oxygen atoms in total. The smallest absolute Gasteiger partial charge is 0.258 e. The van der Waals surface area contributed by atoms with Crippen LogP contribution in [0.15, 0.2) is 42.6 Å². The van der Waals surface area contributed by atoms with Crippen LogP contribution < -0.4 is 10.1 Å². The highest BCUT2D eigenvalue weighted by Crippen LogP contribution is 2.22. The molecule has 0 bridgehead atoms. The van der Waals surface area contributed by atoms with Crippen molar-refractivity contribution in [1.29, 1.82) is 0 Å². The van der Waals surface area contributed by atoms with Crippen molar-refractivity contribution in [3.63, 3.8) is 0 Å². The molecule has 0 radical (unpaired) electrons. The summed E-state index contributed by atoms with van der Waals surface area (Å²) in [7, 11) is 0. The first-order chi connectivity index (χ1) is 11.6. The lowest BCUT2D eigenvalue weighted by molar-refractivity contribution is -0.123. The van der Waals surface area contributed by atoms with Crippen LogP contribution in [0.4, 0.5) is 0 Å².